The van der Waals surface area contributed by atoms with E-state index in [2.05, 4.69) is 39.4 Å². The first-order chi connectivity index (χ1) is 17.4. The number of benzene rings is 3. The molecule has 36 heavy (non-hydrogen) atoms. The van der Waals surface area contributed by atoms with E-state index in [1.54, 1.807) is 36.4 Å². The van der Waals surface area contributed by atoms with E-state index in [1.165, 1.54) is 12.7 Å². The van der Waals surface area contributed by atoms with Gasteiger partial charge in [0.05, 0.1) is 12.1 Å². The first-order valence-corrected chi connectivity index (χ1v) is 12.7. The summed E-state index contributed by atoms with van der Waals surface area (Å²) in [7, 11) is 1.53. The van der Waals surface area contributed by atoms with E-state index in [1.807, 2.05) is 6.07 Å². The maximum absolute atomic E-state index is 12.3. The predicted octanol–water partition coefficient (Wildman–Crippen LogP) is 5.51. The third kappa shape index (κ3) is 6.89. The third-order valence-electron chi connectivity index (χ3n) is 5.86. The number of nitrogens with zero attached hydrogens (tertiary/aromatic N) is 2. The fourth-order valence-electron chi connectivity index (χ4n) is 3.98. The van der Waals surface area contributed by atoms with Crippen LogP contribution in [0.1, 0.15) is 11.1 Å². The van der Waals surface area contributed by atoms with Gasteiger partial charge in [-0.1, -0.05) is 65.8 Å². The van der Waals surface area contributed by atoms with E-state index in [0.717, 1.165) is 38.3 Å². The highest BCUT2D eigenvalue weighted by molar-refractivity contribution is 7.80. The number of piperazine rings is 1. The second-order valence-electron chi connectivity index (χ2n) is 8.39. The minimum atomic E-state index is -0.330. The van der Waals surface area contributed by atoms with E-state index in [4.69, 9.17) is 44.9 Å². The number of nitrogens with one attached hydrogen (secondary N) is 1. The molecule has 1 fully saturated rings. The minimum Gasteiger partial charge on any atom is -0.493 e. The zero-order valence-corrected chi connectivity index (χ0v) is 22.2. The summed E-state index contributed by atoms with van der Waals surface area (Å²) in [5.41, 5.74) is 2.71. The number of carbonyl (C=O) groups is 1. The fraction of sp³-hybridized carbons (Fsp3) is 0.259. The fourth-order valence-corrected chi connectivity index (χ4v) is 4.68. The molecule has 4 rings (SSSR count). The first kappa shape index (κ1) is 26.2. The van der Waals surface area contributed by atoms with Gasteiger partial charge in [0.25, 0.3) is 5.91 Å². The van der Waals surface area contributed by atoms with Gasteiger partial charge in [0.1, 0.15) is 4.99 Å². The molecule has 1 aliphatic heterocycles. The van der Waals surface area contributed by atoms with Gasteiger partial charge < -0.3 is 19.7 Å². The Morgan fingerprint density at radius 3 is 2.36 bits per heavy atom. The Kier molecular flexibility index (Phi) is 9.04. The van der Waals surface area contributed by atoms with Crippen molar-refractivity contribution in [3.8, 4) is 11.5 Å². The van der Waals surface area contributed by atoms with Gasteiger partial charge in [-0.2, -0.15) is 0 Å². The van der Waals surface area contributed by atoms with Crippen LogP contribution in [-0.2, 0) is 11.3 Å². The number of ether oxygens (including phenoxy) is 2. The van der Waals surface area contributed by atoms with Crippen LogP contribution in [0.15, 0.2) is 66.7 Å². The standard InChI is InChI=1S/C27H27Cl2N3O3S/c1-34-24-16-20(27(36)32-13-11-31(12-14-32)17-19-5-3-2-4-6-19)15-23(29)26(24)35-18-25(33)30-22-9-7-21(28)8-10-22/h2-10,15-16H,11-14,17-18H2,1H3,(H,30,33). The molecule has 0 unspecified atom stereocenters. The molecule has 1 aliphatic rings. The molecule has 0 aromatic heterocycles. The third-order valence-corrected chi connectivity index (χ3v) is 6.89. The van der Waals surface area contributed by atoms with Crippen molar-refractivity contribution < 1.29 is 14.3 Å². The van der Waals surface area contributed by atoms with Crippen molar-refractivity contribution in [2.24, 2.45) is 0 Å². The minimum absolute atomic E-state index is 0.230. The molecular weight excluding hydrogens is 517 g/mol. The zero-order chi connectivity index (χ0) is 25.5. The summed E-state index contributed by atoms with van der Waals surface area (Å²) in [5.74, 6) is 0.384. The summed E-state index contributed by atoms with van der Waals surface area (Å²) in [5, 5.41) is 3.67. The second-order valence-corrected chi connectivity index (χ2v) is 9.62. The first-order valence-electron chi connectivity index (χ1n) is 11.5. The lowest BCUT2D eigenvalue weighted by Crippen LogP contribution is -2.48. The Morgan fingerprint density at radius 2 is 1.69 bits per heavy atom. The molecular formula is C27H27Cl2N3O3S. The largest absolute Gasteiger partial charge is 0.493 e. The van der Waals surface area contributed by atoms with Crippen LogP contribution >= 0.6 is 35.4 Å². The molecule has 6 nitrogen and oxygen atoms in total. The lowest BCUT2D eigenvalue weighted by molar-refractivity contribution is -0.118. The Balaban J connectivity index is 1.35. The van der Waals surface area contributed by atoms with E-state index in [9.17, 15) is 4.79 Å². The SMILES string of the molecule is COc1cc(C(=S)N2CCN(Cc3ccccc3)CC2)cc(Cl)c1OCC(=O)Nc1ccc(Cl)cc1. The summed E-state index contributed by atoms with van der Waals surface area (Å²) < 4.78 is 11.2. The Labute approximate surface area is 226 Å². The summed E-state index contributed by atoms with van der Waals surface area (Å²) >= 11 is 18.2. The Bertz CT molecular complexity index is 1200. The van der Waals surface area contributed by atoms with Crippen LogP contribution in [0.5, 0.6) is 11.5 Å². The van der Waals surface area contributed by atoms with Gasteiger partial charge in [-0.25, -0.2) is 0 Å². The van der Waals surface area contributed by atoms with Gasteiger partial charge in [0, 0.05) is 49.0 Å². The van der Waals surface area contributed by atoms with Gasteiger partial charge in [-0.15, -0.1) is 0 Å². The quantitative estimate of drug-likeness (QED) is 0.378. The molecule has 1 heterocycles. The van der Waals surface area contributed by atoms with Crippen molar-refractivity contribution >= 4 is 52.0 Å². The molecule has 3 aromatic carbocycles. The van der Waals surface area contributed by atoms with Gasteiger partial charge in [0.2, 0.25) is 0 Å². The number of anilines is 1. The molecule has 1 amide bonds. The predicted molar refractivity (Wildman–Crippen MR) is 149 cm³/mol. The van der Waals surface area contributed by atoms with E-state index >= 15 is 0 Å². The monoisotopic (exact) mass is 543 g/mol. The molecule has 9 heteroatoms. The van der Waals surface area contributed by atoms with Crippen LogP contribution in [0, 0.1) is 0 Å². The number of rotatable bonds is 8. The van der Waals surface area contributed by atoms with Crippen molar-refractivity contribution in [3.63, 3.8) is 0 Å². The topological polar surface area (TPSA) is 54.0 Å². The van der Waals surface area contributed by atoms with Crippen LogP contribution in [-0.4, -0.2) is 60.6 Å². The van der Waals surface area contributed by atoms with Crippen LogP contribution in [0.25, 0.3) is 0 Å². The molecule has 0 spiro atoms. The smallest absolute Gasteiger partial charge is 0.262 e. The molecule has 1 N–H and O–H groups in total. The zero-order valence-electron chi connectivity index (χ0n) is 19.9. The van der Waals surface area contributed by atoms with Crippen LogP contribution < -0.4 is 14.8 Å². The van der Waals surface area contributed by atoms with E-state index in [-0.39, 0.29) is 12.5 Å². The lowest BCUT2D eigenvalue weighted by Gasteiger charge is -2.36. The highest BCUT2D eigenvalue weighted by Gasteiger charge is 2.22. The maximum atomic E-state index is 12.3. The molecule has 0 bridgehead atoms. The average Bonchev–Trinajstić information content (AvgIpc) is 2.89. The molecule has 188 valence electrons. The van der Waals surface area contributed by atoms with Crippen molar-refractivity contribution in [2.75, 3.05) is 45.2 Å². The Morgan fingerprint density at radius 1 is 1.00 bits per heavy atom. The van der Waals surface area contributed by atoms with Crippen molar-refractivity contribution in [1.82, 2.24) is 9.80 Å². The van der Waals surface area contributed by atoms with Crippen molar-refractivity contribution in [3.05, 3.63) is 87.9 Å². The number of carbonyl (C=O) groups excluding carboxylic acids is 1. The number of thiocarbonyl (C=S) groups is 1. The maximum Gasteiger partial charge on any atom is 0.262 e. The average molecular weight is 545 g/mol. The van der Waals surface area contributed by atoms with Gasteiger partial charge in [-0.3, -0.25) is 9.69 Å². The molecule has 1 saturated heterocycles. The number of halogens is 2. The number of hydrogen-bond acceptors (Lipinski definition) is 5. The van der Waals surface area contributed by atoms with Gasteiger partial charge in [-0.05, 0) is 42.0 Å². The van der Waals surface area contributed by atoms with E-state index < -0.39 is 0 Å². The molecule has 3 aromatic rings. The summed E-state index contributed by atoms with van der Waals surface area (Å²) in [6, 6.07) is 20.8. The Hall–Kier alpha value is -2.84. The highest BCUT2D eigenvalue weighted by atomic mass is 35.5. The highest BCUT2D eigenvalue weighted by Crippen LogP contribution is 2.37. The summed E-state index contributed by atoms with van der Waals surface area (Å²) in [6.07, 6.45) is 0. The van der Waals surface area contributed by atoms with Gasteiger partial charge >= 0.3 is 0 Å². The number of methoxy groups -OCH3 is 1. The van der Waals surface area contributed by atoms with E-state index in [0.29, 0.717) is 32.2 Å². The summed E-state index contributed by atoms with van der Waals surface area (Å²) in [4.78, 5) is 17.6. The molecule has 0 saturated carbocycles. The van der Waals surface area contributed by atoms with Crippen LogP contribution in [0.3, 0.4) is 0 Å². The van der Waals surface area contributed by atoms with Crippen molar-refractivity contribution in [1.29, 1.82) is 0 Å². The lowest BCUT2D eigenvalue weighted by atomic mass is 10.1. The molecule has 0 aliphatic carbocycles. The molecule has 0 radical (unpaired) electrons. The van der Waals surface area contributed by atoms with Crippen LogP contribution in [0.2, 0.25) is 10.0 Å². The second kappa shape index (κ2) is 12.4. The normalized spacial score (nSPS) is 13.8. The molecule has 0 atom stereocenters. The van der Waals surface area contributed by atoms with Crippen LogP contribution in [0.4, 0.5) is 5.69 Å². The van der Waals surface area contributed by atoms with Gasteiger partial charge in [0.15, 0.2) is 18.1 Å². The van der Waals surface area contributed by atoms with Crippen molar-refractivity contribution in [2.45, 2.75) is 6.54 Å². The number of hydrogen-bond donors (Lipinski definition) is 1. The summed E-state index contributed by atoms with van der Waals surface area (Å²) in [6.45, 7) is 4.20. The number of amides is 1.